The normalized spacial score (nSPS) is 11.4. The molecule has 29 heavy (non-hydrogen) atoms. The van der Waals surface area contributed by atoms with Gasteiger partial charge in [-0.3, -0.25) is 23.1 Å². The minimum atomic E-state index is -0.647. The number of aromatic nitrogens is 5. The molecule has 3 aromatic heterocycles. The largest absolute Gasteiger partial charge is 0.332 e. The van der Waals surface area contributed by atoms with Crippen LogP contribution >= 0.6 is 0 Å². The number of halogens is 1. The molecule has 4 rings (SSSR count). The summed E-state index contributed by atoms with van der Waals surface area (Å²) in [5, 5.41) is 0. The van der Waals surface area contributed by atoms with Gasteiger partial charge >= 0.3 is 5.69 Å². The smallest absolute Gasteiger partial charge is 0.310 e. The predicted molar refractivity (Wildman–Crippen MR) is 106 cm³/mol. The van der Waals surface area contributed by atoms with E-state index in [4.69, 9.17) is 0 Å². The number of allylic oxidation sites excluding steroid dienone is 1. The standard InChI is InChI=1S/C20H18FN5O3/c1-4-9-24-12(2)10-25-16-17(22-19(24)25)23(3)20(29)26(18(16)28)11-15(27)13-5-7-14(21)8-6-13/h4-8,10H,1,9,11H2,2-3H3. The van der Waals surface area contributed by atoms with Crippen LogP contribution in [0.3, 0.4) is 0 Å². The van der Waals surface area contributed by atoms with Gasteiger partial charge in [-0.25, -0.2) is 9.18 Å². The lowest BCUT2D eigenvalue weighted by molar-refractivity contribution is 0.0969. The van der Waals surface area contributed by atoms with Crippen molar-refractivity contribution < 1.29 is 9.18 Å². The number of Topliss-reactive ketones (excluding diaryl/α,β-unsaturated/α-hetero) is 1. The Morgan fingerprint density at radius 3 is 2.55 bits per heavy atom. The van der Waals surface area contributed by atoms with Crippen molar-refractivity contribution in [1.82, 2.24) is 23.1 Å². The van der Waals surface area contributed by atoms with Gasteiger partial charge in [-0.2, -0.15) is 4.98 Å². The first-order valence-electron chi connectivity index (χ1n) is 8.91. The van der Waals surface area contributed by atoms with Gasteiger partial charge in [0.1, 0.15) is 5.82 Å². The molecular formula is C20H18FN5O3. The number of imidazole rings is 2. The molecule has 4 aromatic rings. The van der Waals surface area contributed by atoms with Crippen molar-refractivity contribution in [1.29, 1.82) is 0 Å². The Hall–Kier alpha value is -3.75. The molecule has 3 heterocycles. The van der Waals surface area contributed by atoms with Gasteiger partial charge in [0.15, 0.2) is 16.9 Å². The van der Waals surface area contributed by atoms with E-state index < -0.39 is 29.4 Å². The molecule has 0 fully saturated rings. The summed E-state index contributed by atoms with van der Waals surface area (Å²) in [6.07, 6.45) is 3.47. The minimum Gasteiger partial charge on any atom is -0.310 e. The second kappa shape index (κ2) is 6.69. The monoisotopic (exact) mass is 395 g/mol. The zero-order valence-corrected chi connectivity index (χ0v) is 15.9. The number of ketones is 1. The summed E-state index contributed by atoms with van der Waals surface area (Å²) >= 11 is 0. The van der Waals surface area contributed by atoms with Gasteiger partial charge in [0, 0.05) is 31.0 Å². The maximum absolute atomic E-state index is 13.1. The fourth-order valence-corrected chi connectivity index (χ4v) is 3.42. The molecule has 0 unspecified atom stereocenters. The van der Waals surface area contributed by atoms with Gasteiger partial charge in [-0.05, 0) is 31.2 Å². The zero-order chi connectivity index (χ0) is 20.9. The maximum atomic E-state index is 13.1. The lowest BCUT2D eigenvalue weighted by Gasteiger charge is -2.07. The van der Waals surface area contributed by atoms with Crippen molar-refractivity contribution in [3.8, 4) is 0 Å². The van der Waals surface area contributed by atoms with Crippen LogP contribution in [0.2, 0.25) is 0 Å². The third-order valence-corrected chi connectivity index (χ3v) is 4.92. The first-order chi connectivity index (χ1) is 13.8. The van der Waals surface area contributed by atoms with Crippen LogP contribution in [0.4, 0.5) is 4.39 Å². The summed E-state index contributed by atoms with van der Waals surface area (Å²) in [7, 11) is 1.50. The van der Waals surface area contributed by atoms with E-state index in [9.17, 15) is 18.8 Å². The van der Waals surface area contributed by atoms with Crippen molar-refractivity contribution in [3.05, 3.63) is 81.0 Å². The average Bonchev–Trinajstić information content (AvgIpc) is 3.20. The zero-order valence-electron chi connectivity index (χ0n) is 15.9. The van der Waals surface area contributed by atoms with Crippen LogP contribution in [0.15, 0.2) is 52.7 Å². The number of hydrogen-bond acceptors (Lipinski definition) is 4. The summed E-state index contributed by atoms with van der Waals surface area (Å²) in [4.78, 5) is 42.9. The van der Waals surface area contributed by atoms with Crippen LogP contribution in [0.5, 0.6) is 0 Å². The molecule has 8 nitrogen and oxygen atoms in total. The molecule has 0 atom stereocenters. The molecule has 0 N–H and O–H groups in total. The second-order valence-corrected chi connectivity index (χ2v) is 6.79. The van der Waals surface area contributed by atoms with Gasteiger partial charge in [0.05, 0.1) is 6.54 Å². The topological polar surface area (TPSA) is 83.3 Å². The first-order valence-corrected chi connectivity index (χ1v) is 8.91. The summed E-state index contributed by atoms with van der Waals surface area (Å²) in [6, 6.07) is 4.95. The number of carbonyl (C=O) groups is 1. The number of aryl methyl sites for hydroxylation is 2. The molecular weight excluding hydrogens is 377 g/mol. The van der Waals surface area contributed by atoms with Crippen LogP contribution in [0.25, 0.3) is 16.9 Å². The van der Waals surface area contributed by atoms with Gasteiger partial charge in [-0.15, -0.1) is 6.58 Å². The van der Waals surface area contributed by atoms with Gasteiger partial charge in [0.25, 0.3) is 5.56 Å². The number of carbonyl (C=O) groups excluding carboxylic acids is 1. The van der Waals surface area contributed by atoms with Crippen LogP contribution < -0.4 is 11.2 Å². The molecule has 0 aliphatic carbocycles. The number of rotatable bonds is 5. The summed E-state index contributed by atoms with van der Waals surface area (Å²) in [5.41, 5.74) is 0.272. The van der Waals surface area contributed by atoms with Gasteiger partial charge < -0.3 is 4.57 Å². The van der Waals surface area contributed by atoms with Gasteiger partial charge in [0.2, 0.25) is 5.78 Å². The van der Waals surface area contributed by atoms with E-state index in [2.05, 4.69) is 11.6 Å². The van der Waals surface area contributed by atoms with Crippen LogP contribution in [0, 0.1) is 12.7 Å². The number of hydrogen-bond donors (Lipinski definition) is 0. The van der Waals surface area contributed by atoms with E-state index in [1.54, 1.807) is 16.7 Å². The van der Waals surface area contributed by atoms with Crippen molar-refractivity contribution in [2.24, 2.45) is 7.05 Å². The third kappa shape index (κ3) is 2.82. The summed E-state index contributed by atoms with van der Waals surface area (Å²) in [6.45, 7) is 5.65. The van der Waals surface area contributed by atoms with Crippen LogP contribution in [-0.2, 0) is 20.1 Å². The van der Waals surface area contributed by atoms with E-state index in [0.717, 1.165) is 22.4 Å². The molecule has 0 aliphatic heterocycles. The average molecular weight is 395 g/mol. The van der Waals surface area contributed by atoms with E-state index in [1.165, 1.54) is 23.7 Å². The summed E-state index contributed by atoms with van der Waals surface area (Å²) in [5.74, 6) is -0.436. The highest BCUT2D eigenvalue weighted by molar-refractivity contribution is 5.96. The molecule has 1 aromatic carbocycles. The highest BCUT2D eigenvalue weighted by atomic mass is 19.1. The quantitative estimate of drug-likeness (QED) is 0.380. The summed E-state index contributed by atoms with van der Waals surface area (Å²) < 4.78 is 18.7. The molecule has 0 spiro atoms. The number of fused-ring (bicyclic) bond motifs is 3. The van der Waals surface area contributed by atoms with Crippen molar-refractivity contribution in [3.63, 3.8) is 0 Å². The predicted octanol–water partition coefficient (Wildman–Crippen LogP) is 1.67. The number of nitrogens with zero attached hydrogens (tertiary/aromatic N) is 5. The fraction of sp³-hybridized carbons (Fsp3) is 0.200. The maximum Gasteiger partial charge on any atom is 0.332 e. The lowest BCUT2D eigenvalue weighted by atomic mass is 10.1. The van der Waals surface area contributed by atoms with Crippen LogP contribution in [0.1, 0.15) is 16.1 Å². The first kappa shape index (κ1) is 18.6. The van der Waals surface area contributed by atoms with E-state index in [-0.39, 0.29) is 16.7 Å². The van der Waals surface area contributed by atoms with E-state index >= 15 is 0 Å². The molecule has 0 aliphatic rings. The molecule has 9 heteroatoms. The third-order valence-electron chi connectivity index (χ3n) is 4.92. The highest BCUT2D eigenvalue weighted by Crippen LogP contribution is 2.16. The molecule has 0 bridgehead atoms. The highest BCUT2D eigenvalue weighted by Gasteiger charge is 2.21. The molecule has 0 radical (unpaired) electrons. The van der Waals surface area contributed by atoms with Crippen molar-refractivity contribution in [2.45, 2.75) is 20.0 Å². The minimum absolute atomic E-state index is 0.208. The Bertz CT molecular complexity index is 1400. The Morgan fingerprint density at radius 2 is 1.90 bits per heavy atom. The van der Waals surface area contributed by atoms with E-state index in [1.807, 2.05) is 11.5 Å². The lowest BCUT2D eigenvalue weighted by Crippen LogP contribution is -2.41. The number of benzene rings is 1. The molecule has 0 saturated carbocycles. The fourth-order valence-electron chi connectivity index (χ4n) is 3.42. The van der Waals surface area contributed by atoms with Crippen molar-refractivity contribution >= 4 is 22.7 Å². The van der Waals surface area contributed by atoms with Crippen molar-refractivity contribution in [2.75, 3.05) is 0 Å². The van der Waals surface area contributed by atoms with E-state index in [0.29, 0.717) is 12.3 Å². The SMILES string of the molecule is C=CCn1c(C)cn2c3c(=O)n(CC(=O)c4ccc(F)cc4)c(=O)n(C)c3nc12. The molecule has 148 valence electrons. The Kier molecular flexibility index (Phi) is 4.30. The van der Waals surface area contributed by atoms with Crippen LogP contribution in [-0.4, -0.2) is 28.9 Å². The second-order valence-electron chi connectivity index (χ2n) is 6.79. The molecule has 0 saturated heterocycles. The van der Waals surface area contributed by atoms with Gasteiger partial charge in [-0.1, -0.05) is 6.08 Å². The molecule has 0 amide bonds. The Morgan fingerprint density at radius 1 is 1.21 bits per heavy atom. The Labute approximate surface area is 163 Å². The Balaban J connectivity index is 1.92.